The number of carbonyl (C=O) groups excluding carboxylic acids is 1. The van der Waals surface area contributed by atoms with E-state index in [4.69, 9.17) is 22.1 Å². The van der Waals surface area contributed by atoms with E-state index in [9.17, 15) is 4.79 Å². The average molecular weight is 352 g/mol. The van der Waals surface area contributed by atoms with Gasteiger partial charge in [-0.2, -0.15) is 0 Å². The number of nitrogens with two attached hydrogens (primary N) is 1. The summed E-state index contributed by atoms with van der Waals surface area (Å²) in [7, 11) is 0. The summed E-state index contributed by atoms with van der Waals surface area (Å²) in [6.45, 7) is 7.09. The van der Waals surface area contributed by atoms with Crippen molar-refractivity contribution in [2.75, 3.05) is 19.0 Å². The van der Waals surface area contributed by atoms with E-state index in [2.05, 4.69) is 4.99 Å². The maximum absolute atomic E-state index is 12.3. The topological polar surface area (TPSA) is 67.9 Å². The fraction of sp³-hybridized carbons (Fsp3) is 0.556. The molecule has 1 atom stereocenters. The molecule has 0 bridgehead atoms. The van der Waals surface area contributed by atoms with E-state index < -0.39 is 5.60 Å². The Labute approximate surface area is 148 Å². The Morgan fingerprint density at radius 1 is 1.38 bits per heavy atom. The number of alkyl halides is 1. The molecule has 1 aromatic rings. The fourth-order valence-corrected chi connectivity index (χ4v) is 2.82. The van der Waals surface area contributed by atoms with Gasteiger partial charge in [0.25, 0.3) is 0 Å². The van der Waals surface area contributed by atoms with E-state index in [0.717, 1.165) is 25.1 Å². The van der Waals surface area contributed by atoms with Crippen molar-refractivity contribution in [2.24, 2.45) is 10.7 Å². The smallest absolute Gasteiger partial charge is 0.410 e. The van der Waals surface area contributed by atoms with Crippen LogP contribution in [-0.2, 0) is 4.74 Å². The van der Waals surface area contributed by atoms with Crippen LogP contribution < -0.4 is 5.73 Å². The third-order valence-electron chi connectivity index (χ3n) is 3.85. The Bertz CT molecular complexity index is 593. The maximum Gasteiger partial charge on any atom is 0.410 e. The highest BCUT2D eigenvalue weighted by Crippen LogP contribution is 2.29. The number of piperidine rings is 1. The molecule has 1 unspecified atom stereocenters. The SMILES string of the molecule is CC(C)(C)OC(=O)N1CCCC(c2ccc(N=C(N)CCl)cc2)C1. The lowest BCUT2D eigenvalue weighted by Gasteiger charge is -2.34. The summed E-state index contributed by atoms with van der Waals surface area (Å²) in [4.78, 5) is 18.3. The summed E-state index contributed by atoms with van der Waals surface area (Å²) in [5, 5.41) is 0. The molecule has 0 radical (unpaired) electrons. The summed E-state index contributed by atoms with van der Waals surface area (Å²) in [6, 6.07) is 7.95. The summed E-state index contributed by atoms with van der Waals surface area (Å²) in [5.41, 5.74) is 7.17. The first-order chi connectivity index (χ1) is 11.3. The van der Waals surface area contributed by atoms with Crippen LogP contribution in [0.3, 0.4) is 0 Å². The van der Waals surface area contributed by atoms with Gasteiger partial charge in [-0.25, -0.2) is 9.79 Å². The molecule has 132 valence electrons. The van der Waals surface area contributed by atoms with Crippen molar-refractivity contribution in [2.45, 2.75) is 45.1 Å². The van der Waals surface area contributed by atoms with Gasteiger partial charge in [0.05, 0.1) is 11.6 Å². The first kappa shape index (κ1) is 18.6. The Hall–Kier alpha value is -1.75. The van der Waals surface area contributed by atoms with Crippen LogP contribution in [0.4, 0.5) is 10.5 Å². The number of amides is 1. The largest absolute Gasteiger partial charge is 0.444 e. The predicted molar refractivity (Wildman–Crippen MR) is 98.2 cm³/mol. The standard InChI is InChI=1S/C18H26ClN3O2/c1-18(2,3)24-17(23)22-10-4-5-14(12-22)13-6-8-15(9-7-13)21-16(20)11-19/h6-9,14H,4-5,10-12H2,1-3H3,(H2,20,21). The van der Waals surface area contributed by atoms with Crippen molar-refractivity contribution in [3.63, 3.8) is 0 Å². The number of carbonyl (C=O) groups is 1. The first-order valence-corrected chi connectivity index (χ1v) is 8.79. The van der Waals surface area contributed by atoms with E-state index in [-0.39, 0.29) is 12.0 Å². The van der Waals surface area contributed by atoms with Crippen molar-refractivity contribution >= 4 is 29.2 Å². The Morgan fingerprint density at radius 3 is 2.62 bits per heavy atom. The minimum absolute atomic E-state index is 0.217. The number of amidine groups is 1. The molecule has 1 aromatic carbocycles. The maximum atomic E-state index is 12.3. The third-order valence-corrected chi connectivity index (χ3v) is 4.12. The fourth-order valence-electron chi connectivity index (χ4n) is 2.76. The van der Waals surface area contributed by atoms with E-state index in [1.807, 2.05) is 45.0 Å². The minimum atomic E-state index is -0.466. The molecule has 1 aliphatic rings. The van der Waals surface area contributed by atoms with Gasteiger partial charge in [0.2, 0.25) is 0 Å². The van der Waals surface area contributed by atoms with Crippen molar-refractivity contribution in [1.82, 2.24) is 4.90 Å². The molecule has 6 heteroatoms. The quantitative estimate of drug-likeness (QED) is 0.508. The molecule has 0 saturated carbocycles. The van der Waals surface area contributed by atoms with E-state index in [1.165, 1.54) is 5.56 Å². The Kier molecular flexibility index (Phi) is 6.10. The van der Waals surface area contributed by atoms with Crippen LogP contribution in [0.15, 0.2) is 29.3 Å². The van der Waals surface area contributed by atoms with Gasteiger partial charge in [0, 0.05) is 19.0 Å². The number of hydrogen-bond acceptors (Lipinski definition) is 3. The molecule has 2 N–H and O–H groups in total. The molecule has 1 fully saturated rings. The molecule has 0 aliphatic carbocycles. The molecule has 2 rings (SSSR count). The third kappa shape index (κ3) is 5.41. The van der Waals surface area contributed by atoms with Crippen molar-refractivity contribution in [3.8, 4) is 0 Å². The molecule has 1 saturated heterocycles. The highest BCUT2D eigenvalue weighted by atomic mass is 35.5. The zero-order valence-electron chi connectivity index (χ0n) is 14.6. The summed E-state index contributed by atoms with van der Waals surface area (Å²) >= 11 is 5.64. The molecular formula is C18H26ClN3O2. The van der Waals surface area contributed by atoms with Crippen LogP contribution in [0.1, 0.15) is 45.1 Å². The number of aliphatic imine (C=N–C) groups is 1. The molecule has 0 spiro atoms. The lowest BCUT2D eigenvalue weighted by molar-refractivity contribution is 0.0198. The van der Waals surface area contributed by atoms with E-state index in [0.29, 0.717) is 18.3 Å². The predicted octanol–water partition coefficient (Wildman–Crippen LogP) is 4.03. The molecule has 5 nitrogen and oxygen atoms in total. The normalized spacial score (nSPS) is 19.2. The zero-order chi connectivity index (χ0) is 17.7. The van der Waals surface area contributed by atoms with Gasteiger partial charge in [0.15, 0.2) is 0 Å². The number of rotatable bonds is 3. The number of benzene rings is 1. The average Bonchev–Trinajstić information content (AvgIpc) is 2.54. The summed E-state index contributed by atoms with van der Waals surface area (Å²) < 4.78 is 5.48. The van der Waals surface area contributed by atoms with Crippen molar-refractivity contribution < 1.29 is 9.53 Å². The van der Waals surface area contributed by atoms with Gasteiger partial charge in [-0.3, -0.25) is 0 Å². The molecule has 1 heterocycles. The monoisotopic (exact) mass is 351 g/mol. The lowest BCUT2D eigenvalue weighted by atomic mass is 9.91. The first-order valence-electron chi connectivity index (χ1n) is 8.25. The number of likely N-dealkylation sites (tertiary alicyclic amines) is 1. The number of halogens is 1. The Balaban J connectivity index is 2.03. The second-order valence-electron chi connectivity index (χ2n) is 7.09. The number of ether oxygens (including phenoxy) is 1. The molecule has 1 aliphatic heterocycles. The minimum Gasteiger partial charge on any atom is -0.444 e. The second-order valence-corrected chi connectivity index (χ2v) is 7.36. The van der Waals surface area contributed by atoms with Crippen LogP contribution in [0.25, 0.3) is 0 Å². The van der Waals surface area contributed by atoms with Crippen LogP contribution in [0.2, 0.25) is 0 Å². The second kappa shape index (κ2) is 7.88. The molecule has 24 heavy (non-hydrogen) atoms. The summed E-state index contributed by atoms with van der Waals surface area (Å²) in [6.07, 6.45) is 1.80. The van der Waals surface area contributed by atoms with Crippen molar-refractivity contribution in [1.29, 1.82) is 0 Å². The molecule has 1 amide bonds. The number of nitrogens with zero attached hydrogens (tertiary/aromatic N) is 2. The Morgan fingerprint density at radius 2 is 2.04 bits per heavy atom. The van der Waals surface area contributed by atoms with Gasteiger partial charge in [-0.1, -0.05) is 12.1 Å². The summed E-state index contributed by atoms with van der Waals surface area (Å²) in [5.74, 6) is 0.933. The van der Waals surface area contributed by atoms with Gasteiger partial charge >= 0.3 is 6.09 Å². The van der Waals surface area contributed by atoms with E-state index in [1.54, 1.807) is 4.90 Å². The number of hydrogen-bond donors (Lipinski definition) is 1. The van der Waals surface area contributed by atoms with Crippen molar-refractivity contribution in [3.05, 3.63) is 29.8 Å². The van der Waals surface area contributed by atoms with Gasteiger partial charge < -0.3 is 15.4 Å². The van der Waals surface area contributed by atoms with Crippen LogP contribution in [-0.4, -0.2) is 41.4 Å². The van der Waals surface area contributed by atoms with E-state index >= 15 is 0 Å². The zero-order valence-corrected chi connectivity index (χ0v) is 15.3. The van der Waals surface area contributed by atoms with Gasteiger partial charge in [0.1, 0.15) is 11.4 Å². The van der Waals surface area contributed by atoms with Crippen LogP contribution in [0.5, 0.6) is 0 Å². The highest BCUT2D eigenvalue weighted by molar-refractivity contribution is 6.28. The van der Waals surface area contributed by atoms with Gasteiger partial charge in [-0.05, 0) is 51.3 Å². The lowest BCUT2D eigenvalue weighted by Crippen LogP contribution is -2.42. The highest BCUT2D eigenvalue weighted by Gasteiger charge is 2.28. The van der Waals surface area contributed by atoms with Gasteiger partial charge in [-0.15, -0.1) is 11.6 Å². The molecule has 0 aromatic heterocycles. The van der Waals surface area contributed by atoms with Crippen LogP contribution >= 0.6 is 11.6 Å². The molecular weight excluding hydrogens is 326 g/mol. The van der Waals surface area contributed by atoms with Crippen LogP contribution in [0, 0.1) is 0 Å².